The minimum absolute atomic E-state index is 0.0396. The predicted octanol–water partition coefficient (Wildman–Crippen LogP) is 3.41. The Balaban J connectivity index is 1.79. The Morgan fingerprint density at radius 2 is 2.15 bits per heavy atom. The van der Waals surface area contributed by atoms with Crippen molar-refractivity contribution < 1.29 is 4.79 Å². The molecule has 0 saturated carbocycles. The van der Waals surface area contributed by atoms with E-state index in [9.17, 15) is 4.79 Å². The van der Waals surface area contributed by atoms with Crippen LogP contribution in [0.15, 0.2) is 18.2 Å². The number of halogens is 2. The van der Waals surface area contributed by atoms with Gasteiger partial charge in [0.05, 0.1) is 5.56 Å². The number of likely N-dealkylation sites (tertiary alicyclic amines) is 1. The average molecular weight is 407 g/mol. The van der Waals surface area contributed by atoms with Crippen molar-refractivity contribution in [3.8, 4) is 0 Å². The van der Waals surface area contributed by atoms with Crippen molar-refractivity contribution in [3.63, 3.8) is 0 Å². The number of nitrogens with one attached hydrogen (secondary N) is 1. The number of carbonyl (C=O) groups is 1. The molecule has 3 nitrogen and oxygen atoms in total. The maximum Gasteiger partial charge on any atom is 0.252 e. The highest BCUT2D eigenvalue weighted by Gasteiger charge is 2.16. The molecule has 0 aliphatic carbocycles. The molecule has 0 aromatic heterocycles. The zero-order chi connectivity index (χ0) is 14.5. The zero-order valence-electron chi connectivity index (χ0n) is 11.7. The molecule has 1 aromatic carbocycles. The number of amides is 1. The van der Waals surface area contributed by atoms with Crippen LogP contribution in [0, 0.1) is 9.49 Å². The molecule has 20 heavy (non-hydrogen) atoms. The molecule has 1 N–H and O–H groups in total. The van der Waals surface area contributed by atoms with Crippen LogP contribution in [-0.4, -0.2) is 37.0 Å². The van der Waals surface area contributed by atoms with Gasteiger partial charge in [0.2, 0.25) is 0 Å². The third-order valence-electron chi connectivity index (χ3n) is 3.76. The summed E-state index contributed by atoms with van der Waals surface area (Å²) in [7, 11) is 0. The lowest BCUT2D eigenvalue weighted by atomic mass is 9.99. The van der Waals surface area contributed by atoms with Crippen LogP contribution >= 0.6 is 34.2 Å². The number of hydrogen-bond acceptors (Lipinski definition) is 2. The monoisotopic (exact) mass is 406 g/mol. The zero-order valence-corrected chi connectivity index (χ0v) is 14.6. The minimum atomic E-state index is -0.0396. The van der Waals surface area contributed by atoms with Gasteiger partial charge in [-0.3, -0.25) is 4.79 Å². The van der Waals surface area contributed by atoms with E-state index >= 15 is 0 Å². The minimum Gasteiger partial charge on any atom is -0.351 e. The Morgan fingerprint density at radius 1 is 1.45 bits per heavy atom. The lowest BCUT2D eigenvalue weighted by Gasteiger charge is -2.30. The highest BCUT2D eigenvalue weighted by molar-refractivity contribution is 14.1. The van der Waals surface area contributed by atoms with Gasteiger partial charge in [0, 0.05) is 21.7 Å². The van der Waals surface area contributed by atoms with E-state index in [2.05, 4.69) is 39.7 Å². The van der Waals surface area contributed by atoms with Crippen molar-refractivity contribution in [1.29, 1.82) is 0 Å². The number of benzene rings is 1. The molecule has 1 amide bonds. The molecule has 5 heteroatoms. The quantitative estimate of drug-likeness (QED) is 0.777. The van der Waals surface area contributed by atoms with E-state index in [0.29, 0.717) is 17.1 Å². The summed E-state index contributed by atoms with van der Waals surface area (Å²) < 4.78 is 0.927. The van der Waals surface area contributed by atoms with Gasteiger partial charge in [0.1, 0.15) is 0 Å². The Kier molecular flexibility index (Phi) is 6.11. The number of hydrogen-bond donors (Lipinski definition) is 1. The summed E-state index contributed by atoms with van der Waals surface area (Å²) >= 11 is 8.10. The smallest absolute Gasteiger partial charge is 0.252 e. The van der Waals surface area contributed by atoms with Crippen molar-refractivity contribution in [2.24, 2.45) is 5.92 Å². The fraction of sp³-hybridized carbons (Fsp3) is 0.533. The van der Waals surface area contributed by atoms with Crippen LogP contribution < -0.4 is 5.32 Å². The molecule has 2 rings (SSSR count). The van der Waals surface area contributed by atoms with E-state index in [1.165, 1.54) is 12.8 Å². The van der Waals surface area contributed by atoms with Crippen LogP contribution in [0.3, 0.4) is 0 Å². The summed E-state index contributed by atoms with van der Waals surface area (Å²) in [4.78, 5) is 14.5. The molecule has 0 unspecified atom stereocenters. The van der Waals surface area contributed by atoms with Crippen LogP contribution in [0.2, 0.25) is 5.02 Å². The molecular weight excluding hydrogens is 387 g/mol. The van der Waals surface area contributed by atoms with Crippen molar-refractivity contribution in [3.05, 3.63) is 32.4 Å². The number of nitrogens with zero attached hydrogens (tertiary/aromatic N) is 1. The highest BCUT2D eigenvalue weighted by Crippen LogP contribution is 2.18. The van der Waals surface area contributed by atoms with Gasteiger partial charge in [-0.1, -0.05) is 18.5 Å². The Bertz CT molecular complexity index is 473. The predicted molar refractivity (Wildman–Crippen MR) is 91.3 cm³/mol. The van der Waals surface area contributed by atoms with Crippen molar-refractivity contribution in [1.82, 2.24) is 10.2 Å². The molecule has 1 heterocycles. The fourth-order valence-corrected chi connectivity index (χ4v) is 3.13. The van der Waals surface area contributed by atoms with Crippen LogP contribution in [0.1, 0.15) is 30.1 Å². The molecule has 0 spiro atoms. The third-order valence-corrected chi connectivity index (χ3v) is 4.94. The van der Waals surface area contributed by atoms with E-state index in [0.717, 1.165) is 29.1 Å². The molecule has 0 bridgehead atoms. The maximum absolute atomic E-state index is 12.1. The molecular formula is C15H20ClIN2O. The number of rotatable bonds is 4. The van der Waals surface area contributed by atoms with Gasteiger partial charge in [0.15, 0.2) is 0 Å². The average Bonchev–Trinajstić information content (AvgIpc) is 2.43. The Morgan fingerprint density at radius 3 is 2.85 bits per heavy atom. The van der Waals surface area contributed by atoms with E-state index in [1.54, 1.807) is 12.1 Å². The SMILES string of the molecule is CC1CCN(CCNC(=O)c2cc(Cl)ccc2I)CC1. The van der Waals surface area contributed by atoms with E-state index in [4.69, 9.17) is 11.6 Å². The maximum atomic E-state index is 12.1. The van der Waals surface area contributed by atoms with Crippen LogP contribution in [0.25, 0.3) is 0 Å². The van der Waals surface area contributed by atoms with Gasteiger partial charge in [-0.25, -0.2) is 0 Å². The van der Waals surface area contributed by atoms with Crippen molar-refractivity contribution in [2.45, 2.75) is 19.8 Å². The van der Waals surface area contributed by atoms with Crippen LogP contribution in [0.4, 0.5) is 0 Å². The third kappa shape index (κ3) is 4.60. The first-order valence-electron chi connectivity index (χ1n) is 7.02. The van der Waals surface area contributed by atoms with E-state index < -0.39 is 0 Å². The highest BCUT2D eigenvalue weighted by atomic mass is 127. The summed E-state index contributed by atoms with van der Waals surface area (Å²) in [6, 6.07) is 5.39. The second-order valence-corrected chi connectivity index (χ2v) is 7.00. The second-order valence-electron chi connectivity index (χ2n) is 5.40. The Hall–Kier alpha value is -0.330. The summed E-state index contributed by atoms with van der Waals surface area (Å²) in [5, 5.41) is 3.58. The molecule has 1 aromatic rings. The summed E-state index contributed by atoms with van der Waals surface area (Å²) in [6.45, 7) is 6.21. The van der Waals surface area contributed by atoms with Gasteiger partial charge >= 0.3 is 0 Å². The summed E-state index contributed by atoms with van der Waals surface area (Å²) in [5.74, 6) is 0.802. The molecule has 110 valence electrons. The van der Waals surface area contributed by atoms with Crippen molar-refractivity contribution in [2.75, 3.05) is 26.2 Å². The molecule has 1 aliphatic heterocycles. The first kappa shape index (κ1) is 16.0. The summed E-state index contributed by atoms with van der Waals surface area (Å²) in [5.41, 5.74) is 0.658. The number of carbonyl (C=O) groups excluding carboxylic acids is 1. The second kappa shape index (κ2) is 7.61. The first-order chi connectivity index (χ1) is 9.56. The largest absolute Gasteiger partial charge is 0.351 e. The number of piperidine rings is 1. The van der Waals surface area contributed by atoms with Gasteiger partial charge < -0.3 is 10.2 Å². The fourth-order valence-electron chi connectivity index (χ4n) is 2.38. The molecule has 1 aliphatic rings. The van der Waals surface area contributed by atoms with E-state index in [1.807, 2.05) is 6.07 Å². The van der Waals surface area contributed by atoms with E-state index in [-0.39, 0.29) is 5.91 Å². The van der Waals surface area contributed by atoms with Crippen LogP contribution in [0.5, 0.6) is 0 Å². The van der Waals surface area contributed by atoms with Gasteiger partial charge in [0.25, 0.3) is 5.91 Å². The van der Waals surface area contributed by atoms with Gasteiger partial charge in [-0.2, -0.15) is 0 Å². The van der Waals surface area contributed by atoms with Gasteiger partial charge in [-0.15, -0.1) is 0 Å². The molecule has 0 radical (unpaired) electrons. The molecule has 1 fully saturated rings. The Labute approximate surface area is 139 Å². The standard InChI is InChI=1S/C15H20ClIN2O/c1-11-4-7-19(8-5-11)9-6-18-15(20)13-10-12(16)2-3-14(13)17/h2-3,10-11H,4-9H2,1H3,(H,18,20). The van der Waals surface area contributed by atoms with Crippen LogP contribution in [-0.2, 0) is 0 Å². The summed E-state index contributed by atoms with van der Waals surface area (Å²) in [6.07, 6.45) is 2.53. The van der Waals surface area contributed by atoms with Gasteiger partial charge in [-0.05, 0) is 72.6 Å². The molecule has 1 saturated heterocycles. The topological polar surface area (TPSA) is 32.3 Å². The molecule has 0 atom stereocenters. The lowest BCUT2D eigenvalue weighted by Crippen LogP contribution is -2.39. The lowest BCUT2D eigenvalue weighted by molar-refractivity contribution is 0.0943. The normalized spacial score (nSPS) is 17.1. The first-order valence-corrected chi connectivity index (χ1v) is 8.47. The van der Waals surface area contributed by atoms with Crippen molar-refractivity contribution >= 4 is 40.1 Å².